The lowest BCUT2D eigenvalue weighted by atomic mass is 10.1. The van der Waals surface area contributed by atoms with Crippen LogP contribution in [0.15, 0.2) is 71.1 Å². The van der Waals surface area contributed by atoms with Crippen molar-refractivity contribution in [1.29, 1.82) is 0 Å². The molecule has 0 saturated carbocycles. The maximum atomic E-state index is 11.3. The van der Waals surface area contributed by atoms with E-state index in [9.17, 15) is 39.6 Å². The number of rotatable bonds is 8. The molecule has 4 N–H and O–H groups in total. The normalized spacial score (nSPS) is 15.9. The molecule has 0 aromatic heterocycles. The summed E-state index contributed by atoms with van der Waals surface area (Å²) < 4.78 is 0. The third kappa shape index (κ3) is 5.42. The molecule has 2 aliphatic rings. The number of hydrogen-bond acceptors (Lipinski definition) is 6. The highest BCUT2D eigenvalue weighted by molar-refractivity contribution is 5.96. The number of nitrogens with zero attached hydrogens (tertiary/aromatic N) is 2. The zero-order chi connectivity index (χ0) is 23.4. The molecule has 0 saturated heterocycles. The second kappa shape index (κ2) is 9.21. The molecule has 3 rings (SSSR count). The molecular formula is C22H20N2O8. The van der Waals surface area contributed by atoms with Gasteiger partial charge in [-0.2, -0.15) is 0 Å². The summed E-state index contributed by atoms with van der Waals surface area (Å²) in [5.74, 6) is -4.78. The van der Waals surface area contributed by atoms with E-state index in [0.717, 1.165) is 23.3 Å². The first-order chi connectivity index (χ1) is 15.1. The van der Waals surface area contributed by atoms with Crippen molar-refractivity contribution in [2.24, 2.45) is 0 Å². The van der Waals surface area contributed by atoms with E-state index in [4.69, 9.17) is 0 Å². The number of carboxylic acid groups (broad SMARTS) is 4. The summed E-state index contributed by atoms with van der Waals surface area (Å²) in [4.78, 5) is 48.3. The van der Waals surface area contributed by atoms with Crippen molar-refractivity contribution < 1.29 is 39.6 Å². The quantitative estimate of drug-likeness (QED) is 0.464. The van der Waals surface area contributed by atoms with Gasteiger partial charge in [0.2, 0.25) is 0 Å². The first-order valence-corrected chi connectivity index (χ1v) is 9.46. The van der Waals surface area contributed by atoms with Gasteiger partial charge in [-0.25, -0.2) is 19.2 Å². The van der Waals surface area contributed by atoms with Crippen molar-refractivity contribution >= 4 is 23.9 Å². The molecule has 0 aliphatic carbocycles. The van der Waals surface area contributed by atoms with E-state index in [1.54, 1.807) is 34.1 Å². The van der Waals surface area contributed by atoms with Crippen LogP contribution >= 0.6 is 0 Å². The van der Waals surface area contributed by atoms with Crippen molar-refractivity contribution in [3.8, 4) is 0 Å². The van der Waals surface area contributed by atoms with Gasteiger partial charge >= 0.3 is 23.9 Å². The molecular weight excluding hydrogens is 420 g/mol. The lowest BCUT2D eigenvalue weighted by Crippen LogP contribution is -2.28. The fourth-order valence-electron chi connectivity index (χ4n) is 3.38. The first kappa shape index (κ1) is 22.3. The summed E-state index contributed by atoms with van der Waals surface area (Å²) in [5.41, 5.74) is 1.36. The molecule has 1 aromatic rings. The van der Waals surface area contributed by atoms with Gasteiger partial charge in [0.1, 0.15) is 0 Å². The van der Waals surface area contributed by atoms with Gasteiger partial charge in [0.25, 0.3) is 0 Å². The van der Waals surface area contributed by atoms with Crippen molar-refractivity contribution in [3.63, 3.8) is 0 Å². The third-order valence-electron chi connectivity index (χ3n) is 4.89. The zero-order valence-electron chi connectivity index (χ0n) is 16.8. The summed E-state index contributed by atoms with van der Waals surface area (Å²) in [6.07, 6.45) is 5.08. The van der Waals surface area contributed by atoms with E-state index in [1.165, 1.54) is 12.4 Å². The molecule has 0 bridgehead atoms. The molecule has 0 amide bonds. The molecule has 0 spiro atoms. The van der Waals surface area contributed by atoms with Gasteiger partial charge in [-0.3, -0.25) is 0 Å². The monoisotopic (exact) mass is 440 g/mol. The second-order valence-corrected chi connectivity index (χ2v) is 7.36. The Bertz CT molecular complexity index is 1010. The van der Waals surface area contributed by atoms with Gasteiger partial charge in [0.15, 0.2) is 0 Å². The fourth-order valence-corrected chi connectivity index (χ4v) is 3.38. The van der Waals surface area contributed by atoms with Crippen molar-refractivity contribution in [3.05, 3.63) is 82.2 Å². The highest BCUT2D eigenvalue weighted by Gasteiger charge is 2.22. The third-order valence-corrected chi connectivity index (χ3v) is 4.89. The van der Waals surface area contributed by atoms with E-state index >= 15 is 0 Å². The molecule has 0 fully saturated rings. The smallest absolute Gasteiger partial charge is 0.337 e. The number of aliphatic carboxylic acids is 4. The largest absolute Gasteiger partial charge is 0.478 e. The fraction of sp³-hybridized carbons (Fsp3) is 0.182. The van der Waals surface area contributed by atoms with Crippen molar-refractivity contribution in [1.82, 2.24) is 9.80 Å². The van der Waals surface area contributed by atoms with Crippen LogP contribution < -0.4 is 0 Å². The second-order valence-electron chi connectivity index (χ2n) is 7.36. The minimum atomic E-state index is -1.21. The van der Waals surface area contributed by atoms with Gasteiger partial charge in [0, 0.05) is 38.6 Å². The van der Waals surface area contributed by atoms with Crippen LogP contribution in [-0.2, 0) is 32.3 Å². The summed E-state index contributed by atoms with van der Waals surface area (Å²) in [5, 5.41) is 36.8. The average molecular weight is 440 g/mol. The van der Waals surface area contributed by atoms with E-state index in [1.807, 2.05) is 0 Å². The van der Waals surface area contributed by atoms with Crippen LogP contribution in [0.3, 0.4) is 0 Å². The van der Waals surface area contributed by atoms with Crippen LogP contribution in [0.1, 0.15) is 11.1 Å². The predicted molar refractivity (Wildman–Crippen MR) is 110 cm³/mol. The van der Waals surface area contributed by atoms with Crippen LogP contribution in [0.4, 0.5) is 0 Å². The van der Waals surface area contributed by atoms with Crippen molar-refractivity contribution in [2.75, 3.05) is 13.1 Å². The predicted octanol–water partition coefficient (Wildman–Crippen LogP) is 1.28. The molecule has 10 heteroatoms. The van der Waals surface area contributed by atoms with Crippen LogP contribution in [-0.4, -0.2) is 67.2 Å². The Kier molecular flexibility index (Phi) is 6.43. The lowest BCUT2D eigenvalue weighted by molar-refractivity contribution is -0.134. The van der Waals surface area contributed by atoms with E-state index in [0.29, 0.717) is 13.1 Å². The standard InChI is InChI=1S/C22H20N2O8/c25-19(26)15-5-16(20(27)28)10-23(9-15)7-13-1-2-14(4-3-13)8-24-11-17(21(29)30)6-18(12-24)22(31)32/h1-6,9,11H,7-8,10,12H2,(H,25,26)(H,27,28)(H,29,30)(H,31,32). The number of benzene rings is 1. The summed E-state index contributed by atoms with van der Waals surface area (Å²) >= 11 is 0. The Balaban J connectivity index is 1.69. The Morgan fingerprint density at radius 2 is 0.969 bits per heavy atom. The van der Waals surface area contributed by atoms with E-state index < -0.39 is 23.9 Å². The molecule has 0 unspecified atom stereocenters. The van der Waals surface area contributed by atoms with Crippen LogP contribution in [0.2, 0.25) is 0 Å². The molecule has 32 heavy (non-hydrogen) atoms. The Labute approximate surface area is 182 Å². The zero-order valence-corrected chi connectivity index (χ0v) is 16.8. The molecule has 0 atom stereocenters. The van der Waals surface area contributed by atoms with Gasteiger partial charge in [-0.05, 0) is 23.3 Å². The van der Waals surface area contributed by atoms with Gasteiger partial charge in [-0.1, -0.05) is 24.3 Å². The Morgan fingerprint density at radius 3 is 1.25 bits per heavy atom. The SMILES string of the molecule is O=C(O)C1=CN(Cc2ccc(CN3C=C(C(=O)O)C=C(C(=O)O)C3)cc2)CC(C(=O)O)=C1. The molecule has 2 heterocycles. The van der Waals surface area contributed by atoms with Gasteiger partial charge < -0.3 is 30.2 Å². The molecule has 166 valence electrons. The van der Waals surface area contributed by atoms with Gasteiger partial charge in [0.05, 0.1) is 22.3 Å². The highest BCUT2D eigenvalue weighted by Crippen LogP contribution is 2.20. The topological polar surface area (TPSA) is 156 Å². The number of carbonyl (C=O) groups is 4. The molecule has 0 radical (unpaired) electrons. The average Bonchev–Trinajstić information content (AvgIpc) is 2.74. The number of hydrogen-bond donors (Lipinski definition) is 4. The minimum Gasteiger partial charge on any atom is -0.478 e. The molecule has 10 nitrogen and oxygen atoms in total. The Hall–Kier alpha value is -4.34. The maximum Gasteiger partial charge on any atom is 0.337 e. The number of carboxylic acids is 4. The highest BCUT2D eigenvalue weighted by atomic mass is 16.4. The van der Waals surface area contributed by atoms with Crippen LogP contribution in [0.25, 0.3) is 0 Å². The summed E-state index contributed by atoms with van der Waals surface area (Å²) in [6.45, 7) is 0.712. The molecule has 2 aliphatic heterocycles. The lowest BCUT2D eigenvalue weighted by Gasteiger charge is -2.26. The van der Waals surface area contributed by atoms with Crippen LogP contribution in [0, 0.1) is 0 Å². The van der Waals surface area contributed by atoms with Gasteiger partial charge in [-0.15, -0.1) is 0 Å². The maximum absolute atomic E-state index is 11.3. The first-order valence-electron chi connectivity index (χ1n) is 9.46. The molecule has 1 aromatic carbocycles. The van der Waals surface area contributed by atoms with E-state index in [-0.39, 0.29) is 35.4 Å². The Morgan fingerprint density at radius 1 is 0.625 bits per heavy atom. The van der Waals surface area contributed by atoms with E-state index in [2.05, 4.69) is 0 Å². The summed E-state index contributed by atoms with van der Waals surface area (Å²) in [7, 11) is 0. The summed E-state index contributed by atoms with van der Waals surface area (Å²) in [6, 6.07) is 7.17. The van der Waals surface area contributed by atoms with Crippen molar-refractivity contribution in [2.45, 2.75) is 13.1 Å². The van der Waals surface area contributed by atoms with Crippen LogP contribution in [0.5, 0.6) is 0 Å². The minimum absolute atomic E-state index is 0.0186.